The highest BCUT2D eigenvalue weighted by Crippen LogP contribution is 2.21. The van der Waals surface area contributed by atoms with Crippen LogP contribution in [-0.4, -0.2) is 50.7 Å². The van der Waals surface area contributed by atoms with Crippen molar-refractivity contribution in [3.8, 4) is 0 Å². The summed E-state index contributed by atoms with van der Waals surface area (Å²) in [6.45, 7) is 7.03. The average molecular weight is 317 g/mol. The van der Waals surface area contributed by atoms with E-state index in [9.17, 15) is 4.79 Å². The molecule has 3 heterocycles. The number of hydrogen-bond acceptors (Lipinski definition) is 5. The summed E-state index contributed by atoms with van der Waals surface area (Å²) in [4.78, 5) is 25.8. The number of carbonyl (C=O) groups is 1. The van der Waals surface area contributed by atoms with Gasteiger partial charge in [-0.1, -0.05) is 0 Å². The topological polar surface area (TPSA) is 83.1 Å². The summed E-state index contributed by atoms with van der Waals surface area (Å²) in [5, 5.41) is 3.27. The van der Waals surface area contributed by atoms with E-state index in [1.54, 1.807) is 11.1 Å². The minimum absolute atomic E-state index is 0.117. The van der Waals surface area contributed by atoms with Crippen molar-refractivity contribution in [2.45, 2.75) is 45.3 Å². The second kappa shape index (κ2) is 6.06. The van der Waals surface area contributed by atoms with Crippen LogP contribution in [0.1, 0.15) is 33.6 Å². The number of pyridine rings is 1. The lowest BCUT2D eigenvalue weighted by atomic mass is 10.2. The highest BCUT2D eigenvalue weighted by Gasteiger charge is 2.32. The average Bonchev–Trinajstić information content (AvgIpc) is 3.09. The summed E-state index contributed by atoms with van der Waals surface area (Å²) >= 11 is 0. The summed E-state index contributed by atoms with van der Waals surface area (Å²) in [6, 6.07) is 3.92. The van der Waals surface area contributed by atoms with Gasteiger partial charge in [0.2, 0.25) is 5.95 Å². The van der Waals surface area contributed by atoms with E-state index in [-0.39, 0.29) is 12.1 Å². The van der Waals surface area contributed by atoms with Gasteiger partial charge in [0.05, 0.1) is 11.6 Å². The van der Waals surface area contributed by atoms with Crippen LogP contribution in [-0.2, 0) is 4.74 Å². The summed E-state index contributed by atoms with van der Waals surface area (Å²) < 4.78 is 5.48. The van der Waals surface area contributed by atoms with Crippen LogP contribution in [0.15, 0.2) is 18.3 Å². The molecule has 2 N–H and O–H groups in total. The first-order valence-electron chi connectivity index (χ1n) is 7.96. The molecule has 124 valence electrons. The number of carbonyl (C=O) groups excluding carboxylic acids is 1. The Labute approximate surface area is 135 Å². The Morgan fingerprint density at radius 1 is 1.52 bits per heavy atom. The Bertz CT molecular complexity index is 658. The van der Waals surface area contributed by atoms with Crippen LogP contribution in [0.3, 0.4) is 0 Å². The van der Waals surface area contributed by atoms with Gasteiger partial charge in [0.1, 0.15) is 5.60 Å². The van der Waals surface area contributed by atoms with Crippen molar-refractivity contribution >= 4 is 23.2 Å². The van der Waals surface area contributed by atoms with Crippen LogP contribution in [0.4, 0.5) is 10.7 Å². The van der Waals surface area contributed by atoms with Gasteiger partial charge in [0.25, 0.3) is 0 Å². The van der Waals surface area contributed by atoms with Crippen molar-refractivity contribution in [2.75, 3.05) is 18.4 Å². The smallest absolute Gasteiger partial charge is 0.410 e. The number of amides is 1. The Balaban J connectivity index is 1.61. The Hall–Kier alpha value is -2.31. The van der Waals surface area contributed by atoms with Gasteiger partial charge in [0, 0.05) is 19.3 Å². The second-order valence-electron chi connectivity index (χ2n) is 6.81. The molecular weight excluding hydrogens is 294 g/mol. The van der Waals surface area contributed by atoms with Gasteiger partial charge in [-0.15, -0.1) is 0 Å². The molecule has 0 aromatic carbocycles. The third kappa shape index (κ3) is 3.72. The summed E-state index contributed by atoms with van der Waals surface area (Å²) in [5.74, 6) is 0.676. The Morgan fingerprint density at radius 3 is 3.09 bits per heavy atom. The lowest BCUT2D eigenvalue weighted by Crippen LogP contribution is -2.42. The standard InChI is InChI=1S/C16H23N5O2/c1-16(2,3)23-15(22)21-9-5-6-11(21)10-18-14-19-12-7-4-8-17-13(12)20-14/h4,7-8,11H,5-6,9-10H2,1-3H3,(H2,17,18,19,20)/t11-/m1/s1. The minimum Gasteiger partial charge on any atom is -0.444 e. The van der Waals surface area contributed by atoms with E-state index in [2.05, 4.69) is 20.3 Å². The van der Waals surface area contributed by atoms with Gasteiger partial charge in [-0.2, -0.15) is 4.98 Å². The Morgan fingerprint density at radius 2 is 2.35 bits per heavy atom. The molecule has 0 unspecified atom stereocenters. The molecule has 0 saturated carbocycles. The van der Waals surface area contributed by atoms with Gasteiger partial charge in [-0.25, -0.2) is 9.78 Å². The molecule has 1 aliphatic rings. The number of nitrogens with zero attached hydrogens (tertiary/aromatic N) is 3. The fraction of sp³-hybridized carbons (Fsp3) is 0.562. The first-order chi connectivity index (χ1) is 10.9. The van der Waals surface area contributed by atoms with Crippen LogP contribution >= 0.6 is 0 Å². The minimum atomic E-state index is -0.470. The number of anilines is 1. The molecule has 1 fully saturated rings. The van der Waals surface area contributed by atoms with Crippen molar-refractivity contribution in [3.05, 3.63) is 18.3 Å². The SMILES string of the molecule is CC(C)(C)OC(=O)N1CCC[C@@H]1CNc1nc2ncccc2[nH]1. The molecule has 1 saturated heterocycles. The molecular formula is C16H23N5O2. The van der Waals surface area contributed by atoms with Gasteiger partial charge >= 0.3 is 6.09 Å². The molecule has 0 aliphatic carbocycles. The highest BCUT2D eigenvalue weighted by atomic mass is 16.6. The van der Waals surface area contributed by atoms with E-state index < -0.39 is 5.60 Å². The van der Waals surface area contributed by atoms with Gasteiger partial charge in [0.15, 0.2) is 5.65 Å². The number of nitrogens with one attached hydrogen (secondary N) is 2. The molecule has 23 heavy (non-hydrogen) atoms. The third-order valence-corrected chi connectivity index (χ3v) is 3.77. The van der Waals surface area contributed by atoms with Crippen molar-refractivity contribution in [2.24, 2.45) is 0 Å². The lowest BCUT2D eigenvalue weighted by molar-refractivity contribution is 0.0235. The molecule has 7 heteroatoms. The molecule has 7 nitrogen and oxygen atoms in total. The number of imidazole rings is 1. The van der Waals surface area contributed by atoms with Crippen LogP contribution in [0.2, 0.25) is 0 Å². The lowest BCUT2D eigenvalue weighted by Gasteiger charge is -2.28. The van der Waals surface area contributed by atoms with Crippen LogP contribution in [0.25, 0.3) is 11.2 Å². The molecule has 0 bridgehead atoms. The third-order valence-electron chi connectivity index (χ3n) is 3.77. The zero-order valence-corrected chi connectivity index (χ0v) is 13.8. The van der Waals surface area contributed by atoms with Crippen LogP contribution in [0.5, 0.6) is 0 Å². The molecule has 1 amide bonds. The largest absolute Gasteiger partial charge is 0.444 e. The quantitative estimate of drug-likeness (QED) is 0.909. The number of ether oxygens (including phenoxy) is 1. The maximum Gasteiger partial charge on any atom is 0.410 e. The fourth-order valence-electron chi connectivity index (χ4n) is 2.75. The zero-order valence-electron chi connectivity index (χ0n) is 13.8. The number of aromatic nitrogens is 3. The maximum atomic E-state index is 12.3. The van der Waals surface area contributed by atoms with Crippen LogP contribution < -0.4 is 5.32 Å². The molecule has 2 aromatic heterocycles. The number of rotatable bonds is 3. The number of likely N-dealkylation sites (tertiary alicyclic amines) is 1. The molecule has 0 spiro atoms. The van der Waals surface area contributed by atoms with E-state index in [4.69, 9.17) is 4.74 Å². The number of aromatic amines is 1. The normalized spacial score (nSPS) is 18.4. The van der Waals surface area contributed by atoms with Crippen molar-refractivity contribution < 1.29 is 9.53 Å². The highest BCUT2D eigenvalue weighted by molar-refractivity contribution is 5.73. The molecule has 1 atom stereocenters. The van der Waals surface area contributed by atoms with E-state index in [0.717, 1.165) is 24.9 Å². The van der Waals surface area contributed by atoms with Gasteiger partial charge in [-0.3, -0.25) is 0 Å². The summed E-state index contributed by atoms with van der Waals surface area (Å²) in [7, 11) is 0. The number of hydrogen-bond donors (Lipinski definition) is 2. The van der Waals surface area contributed by atoms with E-state index >= 15 is 0 Å². The van der Waals surface area contributed by atoms with Gasteiger partial charge in [-0.05, 0) is 45.7 Å². The first-order valence-corrected chi connectivity index (χ1v) is 7.96. The van der Waals surface area contributed by atoms with E-state index in [1.807, 2.05) is 32.9 Å². The molecule has 3 rings (SSSR count). The Kier molecular flexibility index (Phi) is 4.11. The predicted octanol–water partition coefficient (Wildman–Crippen LogP) is 2.77. The summed E-state index contributed by atoms with van der Waals surface area (Å²) in [6.07, 6.45) is 3.43. The second-order valence-corrected chi connectivity index (χ2v) is 6.81. The predicted molar refractivity (Wildman–Crippen MR) is 88.3 cm³/mol. The van der Waals surface area contributed by atoms with Crippen molar-refractivity contribution in [1.82, 2.24) is 19.9 Å². The van der Waals surface area contributed by atoms with E-state index in [0.29, 0.717) is 18.1 Å². The number of fused-ring (bicyclic) bond motifs is 1. The molecule has 2 aromatic rings. The first kappa shape index (κ1) is 15.6. The van der Waals surface area contributed by atoms with Crippen molar-refractivity contribution in [1.29, 1.82) is 0 Å². The zero-order chi connectivity index (χ0) is 16.4. The van der Waals surface area contributed by atoms with Gasteiger partial charge < -0.3 is 19.9 Å². The fourth-order valence-corrected chi connectivity index (χ4v) is 2.75. The monoisotopic (exact) mass is 317 g/mol. The van der Waals surface area contributed by atoms with E-state index in [1.165, 1.54) is 0 Å². The summed E-state index contributed by atoms with van der Waals surface area (Å²) in [5.41, 5.74) is 1.11. The molecule has 1 aliphatic heterocycles. The van der Waals surface area contributed by atoms with Crippen molar-refractivity contribution in [3.63, 3.8) is 0 Å². The number of H-pyrrole nitrogens is 1. The van der Waals surface area contributed by atoms with Crippen LogP contribution in [0, 0.1) is 0 Å². The molecule has 0 radical (unpaired) electrons. The maximum absolute atomic E-state index is 12.3.